The summed E-state index contributed by atoms with van der Waals surface area (Å²) in [6.07, 6.45) is 2.95. The maximum atomic E-state index is 8.76. The van der Waals surface area contributed by atoms with Gasteiger partial charge in [0, 0.05) is 18.6 Å². The van der Waals surface area contributed by atoms with Gasteiger partial charge in [-0.05, 0) is 13.3 Å². The maximum absolute atomic E-state index is 8.76. The topological polar surface area (TPSA) is 46.2 Å². The van der Waals surface area contributed by atoms with Crippen molar-refractivity contribution >= 4 is 0 Å². The van der Waals surface area contributed by atoms with Gasteiger partial charge in [-0.15, -0.1) is 0 Å². The predicted molar refractivity (Wildman–Crippen MR) is 36.9 cm³/mol. The van der Waals surface area contributed by atoms with Crippen LogP contribution in [0.25, 0.3) is 0 Å². The molecule has 0 saturated carbocycles. The molecule has 0 fully saturated rings. The van der Waals surface area contributed by atoms with Gasteiger partial charge in [0.15, 0.2) is 0 Å². The molecule has 2 unspecified atom stereocenters. The summed E-state index contributed by atoms with van der Waals surface area (Å²) in [6.45, 7) is 2.27. The number of hydrogen-bond donors (Lipinski definition) is 2. The highest BCUT2D eigenvalue weighted by molar-refractivity contribution is 5.15. The highest BCUT2D eigenvalue weighted by Crippen LogP contribution is 2.23. The number of aliphatic hydroxyl groups excluding tert-OH is 1. The van der Waals surface area contributed by atoms with E-state index < -0.39 is 0 Å². The molecule has 0 bridgehead atoms. The van der Waals surface area contributed by atoms with E-state index in [2.05, 4.69) is 0 Å². The summed E-state index contributed by atoms with van der Waals surface area (Å²) in [6, 6.07) is 0.183. The average Bonchev–Trinajstić information content (AvgIpc) is 2.10. The van der Waals surface area contributed by atoms with Gasteiger partial charge in [-0.2, -0.15) is 0 Å². The SMILES string of the molecule is CC1=CC(N)CC1CO. The number of hydrogen-bond acceptors (Lipinski definition) is 2. The van der Waals surface area contributed by atoms with E-state index in [1.165, 1.54) is 5.57 Å². The highest BCUT2D eigenvalue weighted by atomic mass is 16.3. The van der Waals surface area contributed by atoms with Crippen molar-refractivity contribution in [2.75, 3.05) is 6.61 Å². The van der Waals surface area contributed by atoms with Crippen LogP contribution in [-0.2, 0) is 0 Å². The second kappa shape index (κ2) is 2.50. The van der Waals surface area contributed by atoms with Crippen LogP contribution >= 0.6 is 0 Å². The van der Waals surface area contributed by atoms with Crippen molar-refractivity contribution in [1.29, 1.82) is 0 Å². The number of nitrogens with two attached hydrogens (primary N) is 1. The monoisotopic (exact) mass is 127 g/mol. The maximum Gasteiger partial charge on any atom is 0.0497 e. The summed E-state index contributed by atoms with van der Waals surface area (Å²) in [4.78, 5) is 0. The zero-order valence-electron chi connectivity index (χ0n) is 5.67. The van der Waals surface area contributed by atoms with E-state index in [1.807, 2.05) is 13.0 Å². The average molecular weight is 127 g/mol. The molecule has 0 aromatic heterocycles. The Morgan fingerprint density at radius 2 is 2.56 bits per heavy atom. The third-order valence-electron chi connectivity index (χ3n) is 1.90. The molecule has 0 spiro atoms. The minimum absolute atomic E-state index is 0.183. The Kier molecular flexibility index (Phi) is 1.88. The molecule has 0 aromatic rings. The van der Waals surface area contributed by atoms with Crippen LogP contribution in [0.1, 0.15) is 13.3 Å². The van der Waals surface area contributed by atoms with E-state index in [0.29, 0.717) is 5.92 Å². The molecule has 9 heavy (non-hydrogen) atoms. The van der Waals surface area contributed by atoms with Gasteiger partial charge < -0.3 is 10.8 Å². The summed E-state index contributed by atoms with van der Waals surface area (Å²) < 4.78 is 0. The van der Waals surface area contributed by atoms with Crippen molar-refractivity contribution in [2.45, 2.75) is 19.4 Å². The van der Waals surface area contributed by atoms with Crippen molar-refractivity contribution in [3.63, 3.8) is 0 Å². The van der Waals surface area contributed by atoms with E-state index in [-0.39, 0.29) is 12.6 Å². The lowest BCUT2D eigenvalue weighted by atomic mass is 10.0. The third-order valence-corrected chi connectivity index (χ3v) is 1.90. The largest absolute Gasteiger partial charge is 0.396 e. The lowest BCUT2D eigenvalue weighted by Crippen LogP contribution is -2.16. The molecular weight excluding hydrogens is 114 g/mol. The van der Waals surface area contributed by atoms with Crippen molar-refractivity contribution in [3.05, 3.63) is 11.6 Å². The zero-order chi connectivity index (χ0) is 6.85. The van der Waals surface area contributed by atoms with E-state index in [9.17, 15) is 0 Å². The Morgan fingerprint density at radius 1 is 1.89 bits per heavy atom. The standard InChI is InChI=1S/C7H13NO/c1-5-2-7(8)3-6(5)4-9/h2,6-7,9H,3-4,8H2,1H3. The van der Waals surface area contributed by atoms with Crippen molar-refractivity contribution < 1.29 is 5.11 Å². The fraction of sp³-hybridized carbons (Fsp3) is 0.714. The second-order valence-electron chi connectivity index (χ2n) is 2.69. The molecule has 2 heteroatoms. The van der Waals surface area contributed by atoms with Gasteiger partial charge in [0.05, 0.1) is 0 Å². The Labute approximate surface area is 55.4 Å². The Hall–Kier alpha value is -0.340. The summed E-state index contributed by atoms with van der Waals surface area (Å²) in [5.41, 5.74) is 6.84. The predicted octanol–water partition coefficient (Wildman–Crippen LogP) is 0.272. The molecule has 3 N–H and O–H groups in total. The molecule has 1 aliphatic carbocycles. The van der Waals surface area contributed by atoms with E-state index in [1.54, 1.807) is 0 Å². The first-order valence-electron chi connectivity index (χ1n) is 3.28. The fourth-order valence-corrected chi connectivity index (χ4v) is 1.27. The third kappa shape index (κ3) is 1.32. The van der Waals surface area contributed by atoms with Gasteiger partial charge in [0.2, 0.25) is 0 Å². The normalized spacial score (nSPS) is 34.8. The quantitative estimate of drug-likeness (QED) is 0.497. The smallest absolute Gasteiger partial charge is 0.0497 e. The van der Waals surface area contributed by atoms with E-state index >= 15 is 0 Å². The minimum atomic E-state index is 0.183. The molecule has 1 aliphatic rings. The second-order valence-corrected chi connectivity index (χ2v) is 2.69. The fourth-order valence-electron chi connectivity index (χ4n) is 1.27. The summed E-state index contributed by atoms with van der Waals surface area (Å²) in [5.74, 6) is 0.333. The molecule has 2 atom stereocenters. The van der Waals surface area contributed by atoms with Gasteiger partial charge in [-0.3, -0.25) is 0 Å². The first-order chi connectivity index (χ1) is 4.24. The Morgan fingerprint density at radius 3 is 2.78 bits per heavy atom. The first-order valence-corrected chi connectivity index (χ1v) is 3.28. The van der Waals surface area contributed by atoms with Gasteiger partial charge in [0.1, 0.15) is 0 Å². The summed E-state index contributed by atoms with van der Waals surface area (Å²) in [5, 5.41) is 8.76. The molecule has 0 amide bonds. The molecular formula is C7H13NO. The molecule has 0 radical (unpaired) electrons. The zero-order valence-corrected chi connectivity index (χ0v) is 5.67. The van der Waals surface area contributed by atoms with Crippen molar-refractivity contribution in [3.8, 4) is 0 Å². The molecule has 52 valence electrons. The summed E-state index contributed by atoms with van der Waals surface area (Å²) in [7, 11) is 0. The molecule has 0 aromatic carbocycles. The van der Waals surface area contributed by atoms with Crippen LogP contribution < -0.4 is 5.73 Å². The highest BCUT2D eigenvalue weighted by Gasteiger charge is 2.19. The van der Waals surface area contributed by atoms with Crippen LogP contribution in [0.3, 0.4) is 0 Å². The van der Waals surface area contributed by atoms with Crippen LogP contribution in [0, 0.1) is 5.92 Å². The molecule has 2 nitrogen and oxygen atoms in total. The molecule has 0 aliphatic heterocycles. The van der Waals surface area contributed by atoms with Crippen LogP contribution in [0.15, 0.2) is 11.6 Å². The van der Waals surface area contributed by atoms with Crippen LogP contribution in [0.5, 0.6) is 0 Å². The van der Waals surface area contributed by atoms with Crippen molar-refractivity contribution in [2.24, 2.45) is 11.7 Å². The minimum Gasteiger partial charge on any atom is -0.396 e. The molecule has 0 saturated heterocycles. The van der Waals surface area contributed by atoms with Gasteiger partial charge in [-0.25, -0.2) is 0 Å². The van der Waals surface area contributed by atoms with Crippen molar-refractivity contribution in [1.82, 2.24) is 0 Å². The van der Waals surface area contributed by atoms with Gasteiger partial charge in [-0.1, -0.05) is 11.6 Å². The number of rotatable bonds is 1. The Balaban J connectivity index is 2.53. The lowest BCUT2D eigenvalue weighted by molar-refractivity contribution is 0.243. The van der Waals surface area contributed by atoms with Gasteiger partial charge >= 0.3 is 0 Å². The lowest BCUT2D eigenvalue weighted by Gasteiger charge is -2.06. The van der Waals surface area contributed by atoms with E-state index in [0.717, 1.165) is 6.42 Å². The van der Waals surface area contributed by atoms with Gasteiger partial charge in [0.25, 0.3) is 0 Å². The number of aliphatic hydroxyl groups is 1. The van der Waals surface area contributed by atoms with Crippen LogP contribution in [0.2, 0.25) is 0 Å². The molecule has 1 rings (SSSR count). The Bertz CT molecular complexity index is 131. The van der Waals surface area contributed by atoms with E-state index in [4.69, 9.17) is 10.8 Å². The summed E-state index contributed by atoms with van der Waals surface area (Å²) >= 11 is 0. The van der Waals surface area contributed by atoms with Crippen LogP contribution in [0.4, 0.5) is 0 Å². The molecule has 0 heterocycles. The van der Waals surface area contributed by atoms with Crippen LogP contribution in [-0.4, -0.2) is 17.8 Å². The first kappa shape index (κ1) is 6.78.